The molecule has 3 aliphatic rings. The average molecular weight is 380 g/mol. The van der Waals surface area contributed by atoms with Crippen molar-refractivity contribution >= 4 is 11.9 Å². The Hall–Kier alpha value is -2.28. The number of carbonyl (C=O) groups is 2. The Morgan fingerprint density at radius 3 is 2.61 bits per heavy atom. The van der Waals surface area contributed by atoms with Gasteiger partial charge in [-0.05, 0) is 79.5 Å². The number of ether oxygens (including phenoxy) is 2. The van der Waals surface area contributed by atoms with Crippen molar-refractivity contribution in [1.29, 1.82) is 0 Å². The van der Waals surface area contributed by atoms with Crippen LogP contribution in [0.5, 0.6) is 5.75 Å². The van der Waals surface area contributed by atoms with Crippen LogP contribution in [0.2, 0.25) is 0 Å². The Balaban J connectivity index is 1.64. The molecule has 4 rings (SSSR count). The maximum atomic E-state index is 11.8. The summed E-state index contributed by atoms with van der Waals surface area (Å²) in [7, 11) is 0. The summed E-state index contributed by atoms with van der Waals surface area (Å²) < 4.78 is 11.1. The summed E-state index contributed by atoms with van der Waals surface area (Å²) in [4.78, 5) is 23.0. The van der Waals surface area contributed by atoms with Gasteiger partial charge < -0.3 is 9.47 Å². The van der Waals surface area contributed by atoms with Gasteiger partial charge in [0.15, 0.2) is 5.60 Å². The number of fused-ring (bicyclic) bond motifs is 5. The Morgan fingerprint density at radius 2 is 1.93 bits per heavy atom. The van der Waals surface area contributed by atoms with E-state index in [0.29, 0.717) is 23.5 Å². The Labute approximate surface area is 167 Å². The van der Waals surface area contributed by atoms with E-state index in [0.717, 1.165) is 38.5 Å². The normalized spacial score (nSPS) is 35.7. The van der Waals surface area contributed by atoms with Crippen molar-refractivity contribution in [2.45, 2.75) is 70.8 Å². The van der Waals surface area contributed by atoms with Crippen LogP contribution < -0.4 is 4.74 Å². The van der Waals surface area contributed by atoms with Gasteiger partial charge in [0.2, 0.25) is 0 Å². The second-order valence-corrected chi connectivity index (χ2v) is 8.93. The molecule has 5 atom stereocenters. The first-order chi connectivity index (χ1) is 13.3. The first-order valence-corrected chi connectivity index (χ1v) is 10.3. The molecule has 1 aromatic carbocycles. The molecule has 3 aliphatic carbocycles. The molecule has 0 aliphatic heterocycles. The van der Waals surface area contributed by atoms with Gasteiger partial charge in [0.25, 0.3) is 0 Å². The van der Waals surface area contributed by atoms with E-state index in [9.17, 15) is 9.59 Å². The van der Waals surface area contributed by atoms with E-state index in [-0.39, 0.29) is 17.4 Å². The van der Waals surface area contributed by atoms with Gasteiger partial charge in [-0.2, -0.15) is 0 Å². The molecule has 0 spiro atoms. The number of hydrogen-bond acceptors (Lipinski definition) is 4. The predicted molar refractivity (Wildman–Crippen MR) is 106 cm³/mol. The summed E-state index contributed by atoms with van der Waals surface area (Å²) in [6.45, 7) is 5.13. The summed E-state index contributed by atoms with van der Waals surface area (Å²) in [5.41, 5.74) is 1.75. The van der Waals surface area contributed by atoms with Gasteiger partial charge in [0, 0.05) is 19.3 Å². The van der Waals surface area contributed by atoms with Crippen LogP contribution in [0.3, 0.4) is 0 Å². The van der Waals surface area contributed by atoms with E-state index in [1.807, 2.05) is 12.1 Å². The topological polar surface area (TPSA) is 52.6 Å². The van der Waals surface area contributed by atoms with E-state index in [1.165, 1.54) is 25.0 Å². The van der Waals surface area contributed by atoms with Gasteiger partial charge in [0.05, 0.1) is 0 Å². The van der Waals surface area contributed by atoms with E-state index in [1.54, 1.807) is 0 Å². The average Bonchev–Trinajstić information content (AvgIpc) is 2.93. The van der Waals surface area contributed by atoms with Crippen molar-refractivity contribution in [3.8, 4) is 18.1 Å². The predicted octanol–water partition coefficient (Wildman–Crippen LogP) is 4.40. The van der Waals surface area contributed by atoms with Gasteiger partial charge in [-0.3, -0.25) is 9.59 Å². The van der Waals surface area contributed by atoms with E-state index < -0.39 is 5.60 Å². The molecular weight excluding hydrogens is 352 g/mol. The molecule has 0 saturated heterocycles. The first-order valence-electron chi connectivity index (χ1n) is 10.3. The second-order valence-electron chi connectivity index (χ2n) is 8.93. The summed E-state index contributed by atoms with van der Waals surface area (Å²) >= 11 is 0. The standard InChI is InChI=1S/C24H28O4/c1-5-24(28-16(3)26)13-11-22-21-8-6-17-14-18(27-15(2)25)7-9-19(17)20(21)10-12-23(22,24)4/h1,7,9,14,20-22H,6,8,10-13H2,2-4H3/t20-,21+,22-,23-,24+/m1/s1. The third-order valence-electron chi connectivity index (χ3n) is 7.63. The fourth-order valence-corrected chi connectivity index (χ4v) is 6.47. The lowest BCUT2D eigenvalue weighted by Crippen LogP contribution is -2.52. The number of aryl methyl sites for hydroxylation is 1. The fraction of sp³-hybridized carbons (Fsp3) is 0.583. The molecule has 2 saturated carbocycles. The minimum atomic E-state index is -0.770. The highest BCUT2D eigenvalue weighted by Crippen LogP contribution is 2.65. The van der Waals surface area contributed by atoms with Crippen molar-refractivity contribution in [3.63, 3.8) is 0 Å². The second kappa shape index (κ2) is 6.65. The molecule has 0 N–H and O–H groups in total. The third-order valence-corrected chi connectivity index (χ3v) is 7.63. The summed E-state index contributed by atoms with van der Waals surface area (Å²) in [5, 5.41) is 0. The zero-order valence-electron chi connectivity index (χ0n) is 16.9. The molecule has 4 nitrogen and oxygen atoms in total. The lowest BCUT2D eigenvalue weighted by molar-refractivity contribution is -0.165. The Kier molecular flexibility index (Phi) is 4.53. The molecule has 28 heavy (non-hydrogen) atoms. The third kappa shape index (κ3) is 2.75. The van der Waals surface area contributed by atoms with Crippen LogP contribution >= 0.6 is 0 Å². The van der Waals surface area contributed by atoms with Crippen molar-refractivity contribution in [3.05, 3.63) is 29.3 Å². The molecular formula is C24H28O4. The SMILES string of the molecule is C#C[C@]1(OC(C)=O)CC[C@@H]2[C@H]3CCc4cc(OC(C)=O)ccc4[C@H]3CC[C@]21C. The van der Waals surface area contributed by atoms with Gasteiger partial charge in [-0.25, -0.2) is 0 Å². The minimum Gasteiger partial charge on any atom is -0.445 e. The number of benzene rings is 1. The number of rotatable bonds is 2. The van der Waals surface area contributed by atoms with Gasteiger partial charge in [-0.15, -0.1) is 6.42 Å². The zero-order valence-corrected chi connectivity index (χ0v) is 16.9. The van der Waals surface area contributed by atoms with Crippen LogP contribution in [0.25, 0.3) is 0 Å². The number of carbonyl (C=O) groups excluding carboxylic acids is 2. The van der Waals surface area contributed by atoms with Crippen molar-refractivity contribution in [2.24, 2.45) is 17.3 Å². The van der Waals surface area contributed by atoms with Crippen molar-refractivity contribution < 1.29 is 19.1 Å². The quantitative estimate of drug-likeness (QED) is 0.433. The smallest absolute Gasteiger partial charge is 0.308 e. The molecule has 0 unspecified atom stereocenters. The van der Waals surface area contributed by atoms with Crippen LogP contribution in [0.15, 0.2) is 18.2 Å². The van der Waals surface area contributed by atoms with Crippen LogP contribution in [-0.2, 0) is 20.7 Å². The Bertz CT molecular complexity index is 866. The largest absolute Gasteiger partial charge is 0.445 e. The molecule has 0 amide bonds. The first kappa shape index (κ1) is 19.1. The maximum Gasteiger partial charge on any atom is 0.308 e. The Morgan fingerprint density at radius 1 is 1.14 bits per heavy atom. The van der Waals surface area contributed by atoms with E-state index in [4.69, 9.17) is 15.9 Å². The van der Waals surface area contributed by atoms with E-state index in [2.05, 4.69) is 18.9 Å². The number of hydrogen-bond donors (Lipinski definition) is 0. The van der Waals surface area contributed by atoms with Crippen molar-refractivity contribution in [1.82, 2.24) is 0 Å². The van der Waals surface area contributed by atoms with Gasteiger partial charge >= 0.3 is 11.9 Å². The minimum absolute atomic E-state index is 0.163. The van der Waals surface area contributed by atoms with Crippen LogP contribution in [0.1, 0.15) is 69.9 Å². The molecule has 0 aromatic heterocycles. The fourth-order valence-electron chi connectivity index (χ4n) is 6.47. The number of esters is 2. The molecule has 4 heteroatoms. The molecule has 148 valence electrons. The lowest BCUT2D eigenvalue weighted by atomic mass is 9.53. The molecule has 0 heterocycles. The lowest BCUT2D eigenvalue weighted by Gasteiger charge is -2.52. The highest BCUT2D eigenvalue weighted by Gasteiger charge is 2.63. The summed E-state index contributed by atoms with van der Waals surface area (Å²) in [6, 6.07) is 6.08. The molecule has 2 fully saturated rings. The highest BCUT2D eigenvalue weighted by atomic mass is 16.6. The zero-order chi connectivity index (χ0) is 20.1. The number of terminal acetylenes is 1. The van der Waals surface area contributed by atoms with Gasteiger partial charge in [-0.1, -0.05) is 18.9 Å². The highest BCUT2D eigenvalue weighted by molar-refractivity contribution is 5.69. The molecule has 1 aromatic rings. The van der Waals surface area contributed by atoms with Crippen molar-refractivity contribution in [2.75, 3.05) is 0 Å². The van der Waals surface area contributed by atoms with Gasteiger partial charge in [0.1, 0.15) is 5.75 Å². The monoisotopic (exact) mass is 380 g/mol. The summed E-state index contributed by atoms with van der Waals surface area (Å²) in [6.07, 6.45) is 11.8. The van der Waals surface area contributed by atoms with E-state index >= 15 is 0 Å². The van der Waals surface area contributed by atoms with Crippen LogP contribution in [0.4, 0.5) is 0 Å². The van der Waals surface area contributed by atoms with Crippen LogP contribution in [0, 0.1) is 29.6 Å². The molecule has 0 bridgehead atoms. The molecule has 0 radical (unpaired) electrons. The van der Waals surface area contributed by atoms with Crippen LogP contribution in [-0.4, -0.2) is 17.5 Å². The maximum absolute atomic E-state index is 11.8. The summed E-state index contributed by atoms with van der Waals surface area (Å²) in [5.74, 6) is 4.47.